The first kappa shape index (κ1) is 16.8. The van der Waals surface area contributed by atoms with Gasteiger partial charge in [0.1, 0.15) is 0 Å². The minimum atomic E-state index is -0.691. The van der Waals surface area contributed by atoms with E-state index in [1.54, 1.807) is 25.1 Å². The normalized spacial score (nSPS) is 14.4. The lowest BCUT2D eigenvalue weighted by atomic mass is 10.2. The lowest BCUT2D eigenvalue weighted by Crippen LogP contribution is -2.19. The number of hydrogen-bond donors (Lipinski definition) is 1. The molecule has 0 fully saturated rings. The third-order valence-corrected chi connectivity index (χ3v) is 5.58. The molecule has 1 N–H and O–H groups in total. The Morgan fingerprint density at radius 1 is 1.35 bits per heavy atom. The van der Waals surface area contributed by atoms with E-state index in [1.807, 2.05) is 17.5 Å². The summed E-state index contributed by atoms with van der Waals surface area (Å²) in [7, 11) is 0. The minimum absolute atomic E-state index is 0.0895. The van der Waals surface area contributed by atoms with Crippen molar-refractivity contribution in [2.75, 3.05) is 11.1 Å². The van der Waals surface area contributed by atoms with E-state index in [-0.39, 0.29) is 11.8 Å². The van der Waals surface area contributed by atoms with Gasteiger partial charge >= 0.3 is 5.97 Å². The molecule has 0 saturated carbocycles. The van der Waals surface area contributed by atoms with Crippen LogP contribution in [0.15, 0.2) is 45.0 Å². The lowest BCUT2D eigenvalue weighted by Gasteiger charge is -2.17. The first-order valence-electron chi connectivity index (χ1n) is 7.75. The van der Waals surface area contributed by atoms with Crippen LogP contribution in [-0.4, -0.2) is 27.8 Å². The molecule has 1 atom stereocenters. The standard InChI is InChI=1S/C17H13N3O4S2/c1-9(15-19-20-16(24-15)13-3-2-6-25-13)23-17(22)10-4-5-12-11(7-10)18-14(21)8-26-12/h2-7,9H,8H2,1H3,(H,18,21)/t9-/m1/s1. The van der Waals surface area contributed by atoms with Crippen LogP contribution in [0.1, 0.15) is 29.3 Å². The Kier molecular flexibility index (Phi) is 4.48. The number of rotatable bonds is 4. The van der Waals surface area contributed by atoms with Crippen LogP contribution in [0, 0.1) is 0 Å². The van der Waals surface area contributed by atoms with Crippen LogP contribution in [0.2, 0.25) is 0 Å². The second-order valence-corrected chi connectivity index (χ2v) is 7.48. The van der Waals surface area contributed by atoms with Crippen LogP contribution < -0.4 is 5.32 Å². The Morgan fingerprint density at radius 2 is 2.23 bits per heavy atom. The number of amides is 1. The molecule has 0 saturated heterocycles. The van der Waals surface area contributed by atoms with Gasteiger partial charge in [0.15, 0.2) is 6.10 Å². The van der Waals surface area contributed by atoms with Gasteiger partial charge in [-0.05, 0) is 36.6 Å². The third-order valence-electron chi connectivity index (χ3n) is 3.65. The van der Waals surface area contributed by atoms with Crippen LogP contribution in [0.3, 0.4) is 0 Å². The largest absolute Gasteiger partial charge is 0.449 e. The molecule has 9 heteroatoms. The fourth-order valence-electron chi connectivity index (χ4n) is 2.39. The average Bonchev–Trinajstić information content (AvgIpc) is 3.32. The van der Waals surface area contributed by atoms with Gasteiger partial charge in [0, 0.05) is 4.90 Å². The minimum Gasteiger partial charge on any atom is -0.449 e. The predicted octanol–water partition coefficient (Wildman–Crippen LogP) is 3.76. The first-order valence-corrected chi connectivity index (χ1v) is 9.61. The number of hydrogen-bond acceptors (Lipinski definition) is 8. The van der Waals surface area contributed by atoms with Gasteiger partial charge in [0.25, 0.3) is 11.8 Å². The van der Waals surface area contributed by atoms with Crippen LogP contribution in [0.4, 0.5) is 5.69 Å². The summed E-state index contributed by atoms with van der Waals surface area (Å²) in [5, 5.41) is 12.6. The maximum atomic E-state index is 12.4. The topological polar surface area (TPSA) is 94.3 Å². The summed E-state index contributed by atoms with van der Waals surface area (Å²) in [6.07, 6.45) is -0.691. The Bertz CT molecular complexity index is 968. The lowest BCUT2D eigenvalue weighted by molar-refractivity contribution is -0.113. The van der Waals surface area contributed by atoms with Gasteiger partial charge in [-0.3, -0.25) is 4.79 Å². The Morgan fingerprint density at radius 3 is 3.04 bits per heavy atom. The van der Waals surface area contributed by atoms with E-state index in [2.05, 4.69) is 15.5 Å². The Balaban J connectivity index is 1.48. The molecule has 0 bridgehead atoms. The molecule has 1 amide bonds. The van der Waals surface area contributed by atoms with E-state index in [4.69, 9.17) is 9.15 Å². The SMILES string of the molecule is C[C@@H](OC(=O)c1ccc2c(c1)NC(=O)CS2)c1nnc(-c2cccs2)o1. The van der Waals surface area contributed by atoms with Crippen molar-refractivity contribution in [2.45, 2.75) is 17.9 Å². The maximum Gasteiger partial charge on any atom is 0.338 e. The smallest absolute Gasteiger partial charge is 0.338 e. The van der Waals surface area contributed by atoms with E-state index in [0.29, 0.717) is 22.9 Å². The average molecular weight is 387 g/mol. The van der Waals surface area contributed by atoms with E-state index < -0.39 is 12.1 Å². The van der Waals surface area contributed by atoms with Crippen molar-refractivity contribution in [3.05, 3.63) is 47.2 Å². The highest BCUT2D eigenvalue weighted by Gasteiger charge is 2.22. The van der Waals surface area contributed by atoms with Gasteiger partial charge in [0.05, 0.1) is 21.9 Å². The number of carbonyl (C=O) groups is 2. The number of benzene rings is 1. The van der Waals surface area contributed by atoms with E-state index in [1.165, 1.54) is 23.1 Å². The molecule has 7 nitrogen and oxygen atoms in total. The second kappa shape index (κ2) is 6.93. The number of thiophene rings is 1. The van der Waals surface area contributed by atoms with Gasteiger partial charge < -0.3 is 14.5 Å². The van der Waals surface area contributed by atoms with Crippen molar-refractivity contribution in [3.8, 4) is 10.8 Å². The molecule has 0 spiro atoms. The summed E-state index contributed by atoms with van der Waals surface area (Å²) in [5.41, 5.74) is 0.961. The molecule has 0 aliphatic carbocycles. The van der Waals surface area contributed by atoms with Gasteiger partial charge in [-0.1, -0.05) is 6.07 Å². The monoisotopic (exact) mass is 387 g/mol. The number of fused-ring (bicyclic) bond motifs is 1. The quantitative estimate of drug-likeness (QED) is 0.681. The second-order valence-electron chi connectivity index (χ2n) is 5.52. The number of nitrogens with zero attached hydrogens (tertiary/aromatic N) is 2. The summed E-state index contributed by atoms with van der Waals surface area (Å²) in [5.74, 6) is 0.377. The van der Waals surface area contributed by atoms with Crippen molar-refractivity contribution >= 4 is 40.7 Å². The zero-order valence-corrected chi connectivity index (χ0v) is 15.2. The molecule has 1 aliphatic heterocycles. The Labute approximate surface area is 156 Å². The van der Waals surface area contributed by atoms with Gasteiger partial charge in [-0.25, -0.2) is 4.79 Å². The molecule has 2 aromatic heterocycles. The summed E-state index contributed by atoms with van der Waals surface area (Å²) < 4.78 is 11.0. The van der Waals surface area contributed by atoms with Gasteiger partial charge in [-0.15, -0.1) is 33.3 Å². The molecular weight excluding hydrogens is 374 g/mol. The first-order chi connectivity index (χ1) is 12.6. The predicted molar refractivity (Wildman–Crippen MR) is 97.2 cm³/mol. The van der Waals surface area contributed by atoms with Gasteiger partial charge in [-0.2, -0.15) is 0 Å². The fraction of sp³-hybridized carbons (Fsp3) is 0.176. The summed E-state index contributed by atoms with van der Waals surface area (Å²) in [6, 6.07) is 8.84. The van der Waals surface area contributed by atoms with Crippen LogP contribution in [-0.2, 0) is 9.53 Å². The number of ether oxygens (including phenoxy) is 1. The third kappa shape index (κ3) is 3.35. The molecule has 0 radical (unpaired) electrons. The number of carbonyl (C=O) groups excluding carboxylic acids is 2. The number of aromatic nitrogens is 2. The van der Waals surface area contributed by atoms with Crippen LogP contribution in [0.25, 0.3) is 10.8 Å². The summed E-state index contributed by atoms with van der Waals surface area (Å²) in [6.45, 7) is 1.67. The Hall–Kier alpha value is -2.65. The molecule has 26 heavy (non-hydrogen) atoms. The highest BCUT2D eigenvalue weighted by Crippen LogP contribution is 2.32. The van der Waals surface area contributed by atoms with Crippen LogP contribution in [0.5, 0.6) is 0 Å². The molecule has 0 unspecified atom stereocenters. The molecular formula is C17H13N3O4S2. The number of esters is 1. The highest BCUT2D eigenvalue weighted by molar-refractivity contribution is 8.00. The van der Waals surface area contributed by atoms with E-state index in [0.717, 1.165) is 9.77 Å². The summed E-state index contributed by atoms with van der Waals surface area (Å²) in [4.78, 5) is 25.7. The van der Waals surface area contributed by atoms with Crippen molar-refractivity contribution in [3.63, 3.8) is 0 Å². The molecule has 3 heterocycles. The van der Waals surface area contributed by atoms with Crippen molar-refractivity contribution in [1.29, 1.82) is 0 Å². The van der Waals surface area contributed by atoms with Crippen molar-refractivity contribution in [2.24, 2.45) is 0 Å². The fourth-order valence-corrected chi connectivity index (χ4v) is 3.82. The van der Waals surface area contributed by atoms with Gasteiger partial charge in [0.2, 0.25) is 5.91 Å². The summed E-state index contributed by atoms with van der Waals surface area (Å²) >= 11 is 2.92. The van der Waals surface area contributed by atoms with E-state index in [9.17, 15) is 9.59 Å². The number of thioether (sulfide) groups is 1. The molecule has 3 aromatic rings. The molecule has 1 aliphatic rings. The number of anilines is 1. The van der Waals surface area contributed by atoms with Crippen LogP contribution >= 0.6 is 23.1 Å². The molecule has 4 rings (SSSR count). The number of nitrogens with one attached hydrogen (secondary N) is 1. The maximum absolute atomic E-state index is 12.4. The molecule has 1 aromatic carbocycles. The molecule has 132 valence electrons. The zero-order chi connectivity index (χ0) is 18.1. The highest BCUT2D eigenvalue weighted by atomic mass is 32.2. The van der Waals surface area contributed by atoms with E-state index >= 15 is 0 Å². The van der Waals surface area contributed by atoms with Crippen molar-refractivity contribution < 1.29 is 18.7 Å². The zero-order valence-electron chi connectivity index (χ0n) is 13.6. The van der Waals surface area contributed by atoms with Crippen molar-refractivity contribution in [1.82, 2.24) is 10.2 Å².